The van der Waals surface area contributed by atoms with Crippen LogP contribution in [0.5, 0.6) is 0 Å². The standard InChI is InChI=1S/C14H20N2O/c15-14(17)9-7-11-6-8-13(16-10-11)12-4-2-1-3-5-12/h1-5,11,13,16H,6-10H2,(H2,15,17). The van der Waals surface area contributed by atoms with E-state index in [4.69, 9.17) is 5.73 Å². The highest BCUT2D eigenvalue weighted by atomic mass is 16.1. The summed E-state index contributed by atoms with van der Waals surface area (Å²) < 4.78 is 0. The van der Waals surface area contributed by atoms with Gasteiger partial charge in [0.25, 0.3) is 0 Å². The van der Waals surface area contributed by atoms with Crippen LogP contribution in [-0.2, 0) is 4.79 Å². The van der Waals surface area contributed by atoms with Gasteiger partial charge in [0.1, 0.15) is 0 Å². The Kier molecular flexibility index (Phi) is 4.15. The molecule has 0 spiro atoms. The van der Waals surface area contributed by atoms with E-state index in [2.05, 4.69) is 29.6 Å². The molecule has 0 saturated carbocycles. The molecule has 2 unspecified atom stereocenters. The molecule has 1 aromatic carbocycles. The fourth-order valence-corrected chi connectivity index (χ4v) is 2.48. The van der Waals surface area contributed by atoms with Crippen molar-refractivity contribution in [2.45, 2.75) is 31.7 Å². The Bertz CT molecular complexity index is 356. The molecule has 17 heavy (non-hydrogen) atoms. The summed E-state index contributed by atoms with van der Waals surface area (Å²) >= 11 is 0. The van der Waals surface area contributed by atoms with Gasteiger partial charge < -0.3 is 11.1 Å². The van der Waals surface area contributed by atoms with E-state index in [9.17, 15) is 4.79 Å². The first-order chi connectivity index (χ1) is 8.25. The van der Waals surface area contributed by atoms with Crippen molar-refractivity contribution in [3.8, 4) is 0 Å². The minimum absolute atomic E-state index is 0.185. The molecule has 3 heteroatoms. The topological polar surface area (TPSA) is 55.1 Å². The molecule has 3 N–H and O–H groups in total. The number of benzene rings is 1. The second-order valence-electron chi connectivity index (χ2n) is 4.82. The lowest BCUT2D eigenvalue weighted by Gasteiger charge is -2.30. The summed E-state index contributed by atoms with van der Waals surface area (Å²) in [5, 5.41) is 3.56. The fraction of sp³-hybridized carbons (Fsp3) is 0.500. The second kappa shape index (κ2) is 5.82. The number of carbonyl (C=O) groups is 1. The molecule has 1 aliphatic rings. The lowest BCUT2D eigenvalue weighted by molar-refractivity contribution is -0.118. The zero-order valence-corrected chi connectivity index (χ0v) is 10.1. The molecule has 3 nitrogen and oxygen atoms in total. The molecule has 2 rings (SSSR count). The van der Waals surface area contributed by atoms with E-state index in [0.29, 0.717) is 18.4 Å². The molecule has 1 fully saturated rings. The molecule has 1 aliphatic heterocycles. The number of rotatable bonds is 4. The zero-order chi connectivity index (χ0) is 12.1. The smallest absolute Gasteiger partial charge is 0.217 e. The Balaban J connectivity index is 1.80. The maximum atomic E-state index is 10.7. The van der Waals surface area contributed by atoms with Crippen LogP contribution in [0.25, 0.3) is 0 Å². The maximum Gasteiger partial charge on any atom is 0.217 e. The highest BCUT2D eigenvalue weighted by Gasteiger charge is 2.21. The number of hydrogen-bond donors (Lipinski definition) is 2. The summed E-state index contributed by atoms with van der Waals surface area (Å²) in [6.45, 7) is 0.993. The van der Waals surface area contributed by atoms with Crippen LogP contribution >= 0.6 is 0 Å². The van der Waals surface area contributed by atoms with E-state index in [-0.39, 0.29) is 5.91 Å². The largest absolute Gasteiger partial charge is 0.370 e. The average Bonchev–Trinajstić information content (AvgIpc) is 2.38. The van der Waals surface area contributed by atoms with Gasteiger partial charge in [-0.2, -0.15) is 0 Å². The van der Waals surface area contributed by atoms with Crippen molar-refractivity contribution < 1.29 is 4.79 Å². The quantitative estimate of drug-likeness (QED) is 0.834. The van der Waals surface area contributed by atoms with Crippen molar-refractivity contribution in [2.24, 2.45) is 11.7 Å². The second-order valence-corrected chi connectivity index (χ2v) is 4.82. The Labute approximate surface area is 102 Å². The van der Waals surface area contributed by atoms with Gasteiger partial charge in [0.2, 0.25) is 5.91 Å². The number of carbonyl (C=O) groups excluding carboxylic acids is 1. The molecule has 0 aliphatic carbocycles. The van der Waals surface area contributed by atoms with Gasteiger partial charge in [0.15, 0.2) is 0 Å². The predicted octanol–water partition coefficient (Wildman–Crippen LogP) is 1.99. The highest BCUT2D eigenvalue weighted by Crippen LogP contribution is 2.27. The Morgan fingerprint density at radius 2 is 2.06 bits per heavy atom. The first-order valence-electron chi connectivity index (χ1n) is 6.32. The van der Waals surface area contributed by atoms with E-state index < -0.39 is 0 Å². The van der Waals surface area contributed by atoms with Gasteiger partial charge in [0.05, 0.1) is 0 Å². The number of nitrogens with two attached hydrogens (primary N) is 1. The lowest BCUT2D eigenvalue weighted by atomic mass is 9.88. The van der Waals surface area contributed by atoms with Crippen molar-refractivity contribution in [1.29, 1.82) is 0 Å². The van der Waals surface area contributed by atoms with Crippen LogP contribution < -0.4 is 11.1 Å². The third-order valence-electron chi connectivity index (χ3n) is 3.52. The maximum absolute atomic E-state index is 10.7. The summed E-state index contributed by atoms with van der Waals surface area (Å²) in [5.74, 6) is 0.414. The Morgan fingerprint density at radius 1 is 1.29 bits per heavy atom. The van der Waals surface area contributed by atoms with E-state index in [1.165, 1.54) is 12.0 Å². The minimum atomic E-state index is -0.185. The van der Waals surface area contributed by atoms with Gasteiger partial charge in [-0.25, -0.2) is 0 Å². The number of amides is 1. The van der Waals surface area contributed by atoms with Crippen LogP contribution in [0.4, 0.5) is 0 Å². The Morgan fingerprint density at radius 3 is 2.65 bits per heavy atom. The summed E-state index contributed by atoms with van der Waals surface area (Å²) in [4.78, 5) is 10.7. The van der Waals surface area contributed by atoms with Crippen molar-refractivity contribution >= 4 is 5.91 Å². The first kappa shape index (κ1) is 12.1. The van der Waals surface area contributed by atoms with E-state index in [1.54, 1.807) is 0 Å². The lowest BCUT2D eigenvalue weighted by Crippen LogP contribution is -2.33. The molecule has 92 valence electrons. The molecule has 2 atom stereocenters. The van der Waals surface area contributed by atoms with E-state index in [1.807, 2.05) is 6.07 Å². The first-order valence-corrected chi connectivity index (χ1v) is 6.32. The van der Waals surface area contributed by atoms with Gasteiger partial charge in [0, 0.05) is 12.5 Å². The van der Waals surface area contributed by atoms with Gasteiger partial charge in [-0.3, -0.25) is 4.79 Å². The van der Waals surface area contributed by atoms with Crippen LogP contribution in [0.15, 0.2) is 30.3 Å². The molecule has 1 aromatic rings. The van der Waals surface area contributed by atoms with Gasteiger partial charge in [-0.1, -0.05) is 30.3 Å². The Hall–Kier alpha value is -1.35. The van der Waals surface area contributed by atoms with Crippen LogP contribution in [0, 0.1) is 5.92 Å². The minimum Gasteiger partial charge on any atom is -0.370 e. The molecule has 1 amide bonds. The molecular weight excluding hydrogens is 212 g/mol. The molecule has 1 saturated heterocycles. The molecule has 1 heterocycles. The van der Waals surface area contributed by atoms with Gasteiger partial charge in [-0.15, -0.1) is 0 Å². The summed E-state index contributed by atoms with van der Waals surface area (Å²) in [6, 6.07) is 11.0. The highest BCUT2D eigenvalue weighted by molar-refractivity contribution is 5.73. The third kappa shape index (κ3) is 3.56. The molecule has 0 aromatic heterocycles. The fourth-order valence-electron chi connectivity index (χ4n) is 2.48. The molecule has 0 bridgehead atoms. The van der Waals surface area contributed by atoms with Crippen molar-refractivity contribution in [3.63, 3.8) is 0 Å². The van der Waals surface area contributed by atoms with Crippen molar-refractivity contribution in [2.75, 3.05) is 6.54 Å². The van der Waals surface area contributed by atoms with Gasteiger partial charge >= 0.3 is 0 Å². The van der Waals surface area contributed by atoms with Gasteiger partial charge in [-0.05, 0) is 37.3 Å². The normalized spacial score (nSPS) is 24.5. The average molecular weight is 232 g/mol. The third-order valence-corrected chi connectivity index (χ3v) is 3.52. The number of piperidine rings is 1. The van der Waals surface area contributed by atoms with Crippen molar-refractivity contribution in [3.05, 3.63) is 35.9 Å². The summed E-state index contributed by atoms with van der Waals surface area (Å²) in [7, 11) is 0. The van der Waals surface area contributed by atoms with Crippen LogP contribution in [0.3, 0.4) is 0 Å². The zero-order valence-electron chi connectivity index (χ0n) is 10.1. The SMILES string of the molecule is NC(=O)CCC1CCC(c2ccccc2)NC1. The van der Waals surface area contributed by atoms with Crippen LogP contribution in [-0.4, -0.2) is 12.5 Å². The van der Waals surface area contributed by atoms with E-state index in [0.717, 1.165) is 19.4 Å². The number of primary amides is 1. The number of nitrogens with one attached hydrogen (secondary N) is 1. The van der Waals surface area contributed by atoms with Crippen molar-refractivity contribution in [1.82, 2.24) is 5.32 Å². The summed E-state index contributed by atoms with van der Waals surface area (Å²) in [5.41, 5.74) is 6.53. The number of hydrogen-bond acceptors (Lipinski definition) is 2. The van der Waals surface area contributed by atoms with E-state index >= 15 is 0 Å². The van der Waals surface area contributed by atoms with Crippen LogP contribution in [0.1, 0.15) is 37.3 Å². The monoisotopic (exact) mass is 232 g/mol. The summed E-state index contributed by atoms with van der Waals surface area (Å²) in [6.07, 6.45) is 3.76. The molecular formula is C14H20N2O. The predicted molar refractivity (Wildman–Crippen MR) is 68.3 cm³/mol. The van der Waals surface area contributed by atoms with Crippen LogP contribution in [0.2, 0.25) is 0 Å². The molecule has 0 radical (unpaired) electrons.